The predicted molar refractivity (Wildman–Crippen MR) is 88.8 cm³/mol. The van der Waals surface area contributed by atoms with Gasteiger partial charge in [-0.05, 0) is 36.6 Å². The Morgan fingerprint density at radius 2 is 1.95 bits per heavy atom. The number of anilines is 1. The van der Waals surface area contributed by atoms with Gasteiger partial charge in [-0.3, -0.25) is 10.1 Å². The topological polar surface area (TPSA) is 55.2 Å². The summed E-state index contributed by atoms with van der Waals surface area (Å²) < 4.78 is 1.06. The zero-order valence-corrected chi connectivity index (χ0v) is 13.4. The highest BCUT2D eigenvalue weighted by Gasteiger charge is 2.11. The predicted octanol–water partition coefficient (Wildman–Crippen LogP) is 4.57. The molecule has 4 nitrogen and oxygen atoms in total. The minimum atomic E-state index is -0.327. The summed E-state index contributed by atoms with van der Waals surface area (Å²) in [6, 6.07) is 13.0. The van der Waals surface area contributed by atoms with Gasteiger partial charge >= 0.3 is 0 Å². The number of para-hydroxylation sites is 1. The number of nitrogens with zero attached hydrogens (tertiary/aromatic N) is 1. The Morgan fingerprint density at radius 3 is 2.67 bits per heavy atom. The third-order valence-corrected chi connectivity index (χ3v) is 3.84. The van der Waals surface area contributed by atoms with Crippen molar-refractivity contribution in [2.75, 3.05) is 11.9 Å². The van der Waals surface area contributed by atoms with Crippen molar-refractivity contribution in [3.63, 3.8) is 0 Å². The quantitative estimate of drug-likeness (QED) is 0.614. The maximum Gasteiger partial charge on any atom is 0.272 e. The Bertz CT molecular complexity index is 644. The van der Waals surface area contributed by atoms with E-state index >= 15 is 0 Å². The van der Waals surface area contributed by atoms with E-state index in [0.717, 1.165) is 22.1 Å². The fourth-order valence-electron chi connectivity index (χ4n) is 2.26. The molecule has 0 saturated heterocycles. The van der Waals surface area contributed by atoms with Crippen molar-refractivity contribution in [2.45, 2.75) is 19.8 Å². The summed E-state index contributed by atoms with van der Waals surface area (Å²) in [5, 5.41) is 14.3. The molecule has 21 heavy (non-hydrogen) atoms. The van der Waals surface area contributed by atoms with Crippen LogP contribution in [0.3, 0.4) is 0 Å². The second-order valence-corrected chi connectivity index (χ2v) is 5.63. The molecule has 110 valence electrons. The molecule has 0 aliphatic heterocycles. The number of nitrogens with one attached hydrogen (secondary N) is 1. The number of halogens is 1. The third kappa shape index (κ3) is 4.04. The van der Waals surface area contributed by atoms with Crippen LogP contribution in [0.5, 0.6) is 0 Å². The van der Waals surface area contributed by atoms with E-state index in [0.29, 0.717) is 13.0 Å². The summed E-state index contributed by atoms with van der Waals surface area (Å²) in [7, 11) is 0. The molecule has 0 amide bonds. The van der Waals surface area contributed by atoms with Gasteiger partial charge in [-0.25, -0.2) is 0 Å². The first-order valence-electron chi connectivity index (χ1n) is 6.86. The molecule has 2 aromatic carbocycles. The normalized spacial score (nSPS) is 10.4. The van der Waals surface area contributed by atoms with Crippen LogP contribution >= 0.6 is 15.9 Å². The summed E-state index contributed by atoms with van der Waals surface area (Å²) >= 11 is 3.46. The molecule has 0 aromatic heterocycles. The lowest BCUT2D eigenvalue weighted by atomic mass is 10.1. The lowest BCUT2D eigenvalue weighted by Gasteiger charge is -2.11. The number of hydrogen-bond donors (Lipinski definition) is 1. The zero-order chi connectivity index (χ0) is 15.2. The van der Waals surface area contributed by atoms with Crippen LogP contribution in [0.2, 0.25) is 0 Å². The molecule has 0 heterocycles. The molecule has 2 rings (SSSR count). The van der Waals surface area contributed by atoms with Gasteiger partial charge in [-0.2, -0.15) is 0 Å². The van der Waals surface area contributed by atoms with Crippen molar-refractivity contribution in [3.8, 4) is 0 Å². The zero-order valence-electron chi connectivity index (χ0n) is 11.8. The van der Waals surface area contributed by atoms with Crippen LogP contribution in [0.1, 0.15) is 18.1 Å². The first-order chi connectivity index (χ1) is 10.1. The first-order valence-corrected chi connectivity index (χ1v) is 7.65. The van der Waals surface area contributed by atoms with Crippen molar-refractivity contribution in [1.29, 1.82) is 0 Å². The minimum Gasteiger partial charge on any atom is -0.384 e. The van der Waals surface area contributed by atoms with Gasteiger partial charge in [0.1, 0.15) is 0 Å². The van der Waals surface area contributed by atoms with Crippen LogP contribution in [0.4, 0.5) is 11.4 Å². The first kappa shape index (κ1) is 15.5. The van der Waals surface area contributed by atoms with E-state index in [9.17, 15) is 10.1 Å². The number of hydrogen-bond acceptors (Lipinski definition) is 3. The second kappa shape index (κ2) is 7.22. The van der Waals surface area contributed by atoms with E-state index < -0.39 is 0 Å². The van der Waals surface area contributed by atoms with Crippen molar-refractivity contribution in [1.82, 2.24) is 0 Å². The highest BCUT2D eigenvalue weighted by Crippen LogP contribution is 2.22. The molecular formula is C16H17BrN2O2. The fraction of sp³-hybridized carbons (Fsp3) is 0.250. The Labute approximate surface area is 132 Å². The van der Waals surface area contributed by atoms with E-state index in [1.54, 1.807) is 12.1 Å². The molecule has 0 saturated carbocycles. The van der Waals surface area contributed by atoms with Gasteiger partial charge in [-0.1, -0.05) is 41.1 Å². The van der Waals surface area contributed by atoms with Crippen molar-refractivity contribution in [3.05, 3.63) is 68.2 Å². The Morgan fingerprint density at radius 1 is 1.19 bits per heavy atom. The van der Waals surface area contributed by atoms with Crippen LogP contribution in [0.25, 0.3) is 0 Å². The molecule has 0 aliphatic carbocycles. The van der Waals surface area contributed by atoms with E-state index in [1.807, 2.05) is 24.3 Å². The number of benzene rings is 2. The van der Waals surface area contributed by atoms with Gasteiger partial charge in [0, 0.05) is 28.3 Å². The smallest absolute Gasteiger partial charge is 0.272 e. The molecule has 5 heteroatoms. The van der Waals surface area contributed by atoms with Gasteiger partial charge in [0.05, 0.1) is 4.92 Å². The molecular weight excluding hydrogens is 332 g/mol. The van der Waals surface area contributed by atoms with Crippen molar-refractivity contribution >= 4 is 27.3 Å². The Balaban J connectivity index is 2.04. The molecule has 0 radical (unpaired) electrons. The molecule has 1 N–H and O–H groups in total. The van der Waals surface area contributed by atoms with Crippen molar-refractivity contribution in [2.24, 2.45) is 0 Å². The Hall–Kier alpha value is -1.88. The van der Waals surface area contributed by atoms with E-state index in [1.165, 1.54) is 5.56 Å². The molecule has 0 aliphatic rings. The third-order valence-electron chi connectivity index (χ3n) is 3.35. The molecule has 2 aromatic rings. The van der Waals surface area contributed by atoms with Crippen LogP contribution in [0.15, 0.2) is 46.9 Å². The standard InChI is InChI=1S/C16H17BrN2O2/c1-2-12-11-14(17)7-8-15(12)18-10-9-13-5-3-4-6-16(13)19(20)21/h3-8,11,18H,2,9-10H2,1H3. The van der Waals surface area contributed by atoms with Crippen LogP contribution in [0, 0.1) is 10.1 Å². The minimum absolute atomic E-state index is 0.186. The van der Waals surface area contributed by atoms with Gasteiger partial charge in [0.25, 0.3) is 5.69 Å². The van der Waals surface area contributed by atoms with E-state index in [2.05, 4.69) is 34.2 Å². The van der Waals surface area contributed by atoms with Crippen molar-refractivity contribution < 1.29 is 4.92 Å². The average Bonchev–Trinajstić information content (AvgIpc) is 2.49. The number of aryl methyl sites for hydroxylation is 1. The highest BCUT2D eigenvalue weighted by molar-refractivity contribution is 9.10. The maximum absolute atomic E-state index is 11.0. The maximum atomic E-state index is 11.0. The van der Waals surface area contributed by atoms with Crippen LogP contribution < -0.4 is 5.32 Å². The van der Waals surface area contributed by atoms with Crippen LogP contribution in [-0.4, -0.2) is 11.5 Å². The fourth-order valence-corrected chi connectivity index (χ4v) is 2.67. The molecule has 0 spiro atoms. The lowest BCUT2D eigenvalue weighted by Crippen LogP contribution is -2.08. The SMILES string of the molecule is CCc1cc(Br)ccc1NCCc1ccccc1[N+](=O)[O-]. The summed E-state index contributed by atoms with van der Waals surface area (Å²) in [5.41, 5.74) is 3.25. The van der Waals surface area contributed by atoms with Gasteiger partial charge < -0.3 is 5.32 Å². The molecule has 0 atom stereocenters. The molecule has 0 fully saturated rings. The summed E-state index contributed by atoms with van der Waals surface area (Å²) in [6.45, 7) is 2.77. The largest absolute Gasteiger partial charge is 0.384 e. The summed E-state index contributed by atoms with van der Waals surface area (Å²) in [4.78, 5) is 10.6. The number of nitro benzene ring substituents is 1. The molecule has 0 bridgehead atoms. The van der Waals surface area contributed by atoms with E-state index in [4.69, 9.17) is 0 Å². The summed E-state index contributed by atoms with van der Waals surface area (Å²) in [5.74, 6) is 0. The average molecular weight is 349 g/mol. The number of rotatable bonds is 6. The van der Waals surface area contributed by atoms with Gasteiger partial charge in [0.15, 0.2) is 0 Å². The van der Waals surface area contributed by atoms with Gasteiger partial charge in [0.2, 0.25) is 0 Å². The highest BCUT2D eigenvalue weighted by atomic mass is 79.9. The second-order valence-electron chi connectivity index (χ2n) is 4.72. The number of nitro groups is 1. The lowest BCUT2D eigenvalue weighted by molar-refractivity contribution is -0.385. The van der Waals surface area contributed by atoms with Crippen LogP contribution in [-0.2, 0) is 12.8 Å². The summed E-state index contributed by atoms with van der Waals surface area (Å²) in [6.07, 6.45) is 1.56. The molecule has 0 unspecified atom stereocenters. The monoisotopic (exact) mass is 348 g/mol. The van der Waals surface area contributed by atoms with E-state index in [-0.39, 0.29) is 10.6 Å². The van der Waals surface area contributed by atoms with Gasteiger partial charge in [-0.15, -0.1) is 0 Å². The Kier molecular flexibility index (Phi) is 5.33.